The second-order valence-corrected chi connectivity index (χ2v) is 7.05. The number of piperidine rings is 1. The van der Waals surface area contributed by atoms with Gasteiger partial charge in [-0.15, -0.1) is 0 Å². The number of halogens is 1. The standard InChI is InChI=1S/C17H23IN2O2/c1-13(21)19(2)11-9-17(22)20-10-5-6-14(12-20)15-7-3-4-8-16(15)18/h3-4,7-8,14H,5-6,9-12H2,1-2H3. The predicted octanol–water partition coefficient (Wildman–Crippen LogP) is 2.87. The Labute approximate surface area is 146 Å². The molecule has 1 fully saturated rings. The van der Waals surface area contributed by atoms with Crippen LogP contribution in [0.1, 0.15) is 37.7 Å². The molecule has 120 valence electrons. The molecule has 0 N–H and O–H groups in total. The van der Waals surface area contributed by atoms with Crippen molar-refractivity contribution >= 4 is 34.4 Å². The van der Waals surface area contributed by atoms with Crippen LogP contribution in [0.15, 0.2) is 24.3 Å². The van der Waals surface area contributed by atoms with E-state index in [2.05, 4.69) is 46.9 Å². The number of benzene rings is 1. The number of hydrogen-bond donors (Lipinski definition) is 0. The normalized spacial score (nSPS) is 18.1. The zero-order chi connectivity index (χ0) is 16.1. The highest BCUT2D eigenvalue weighted by Crippen LogP contribution is 2.30. The van der Waals surface area contributed by atoms with Crippen LogP contribution in [0.25, 0.3) is 0 Å². The SMILES string of the molecule is CC(=O)N(C)CCC(=O)N1CCCC(c2ccccc2I)C1. The van der Waals surface area contributed by atoms with Crippen LogP contribution < -0.4 is 0 Å². The Morgan fingerprint density at radius 3 is 2.77 bits per heavy atom. The molecule has 0 saturated carbocycles. The molecule has 1 aromatic rings. The van der Waals surface area contributed by atoms with E-state index in [1.807, 2.05) is 4.90 Å². The fourth-order valence-electron chi connectivity index (χ4n) is 2.84. The number of likely N-dealkylation sites (tertiary alicyclic amines) is 1. The summed E-state index contributed by atoms with van der Waals surface area (Å²) in [5.74, 6) is 0.586. The van der Waals surface area contributed by atoms with E-state index in [0.29, 0.717) is 18.9 Å². The maximum Gasteiger partial charge on any atom is 0.224 e. The van der Waals surface area contributed by atoms with Crippen LogP contribution in [0.3, 0.4) is 0 Å². The lowest BCUT2D eigenvalue weighted by Crippen LogP contribution is -2.40. The van der Waals surface area contributed by atoms with Crippen LogP contribution in [-0.2, 0) is 9.59 Å². The van der Waals surface area contributed by atoms with E-state index < -0.39 is 0 Å². The summed E-state index contributed by atoms with van der Waals surface area (Å²) in [4.78, 5) is 27.1. The lowest BCUT2D eigenvalue weighted by molar-refractivity contribution is -0.133. The van der Waals surface area contributed by atoms with Gasteiger partial charge in [-0.25, -0.2) is 0 Å². The number of hydrogen-bond acceptors (Lipinski definition) is 2. The molecule has 5 heteroatoms. The maximum absolute atomic E-state index is 12.4. The number of amides is 2. The van der Waals surface area contributed by atoms with E-state index in [9.17, 15) is 9.59 Å². The van der Waals surface area contributed by atoms with Crippen molar-refractivity contribution in [1.29, 1.82) is 0 Å². The Morgan fingerprint density at radius 1 is 1.36 bits per heavy atom. The minimum atomic E-state index is 0.00293. The Balaban J connectivity index is 1.94. The monoisotopic (exact) mass is 414 g/mol. The lowest BCUT2D eigenvalue weighted by atomic mass is 9.90. The molecular formula is C17H23IN2O2. The summed E-state index contributed by atoms with van der Waals surface area (Å²) < 4.78 is 1.27. The van der Waals surface area contributed by atoms with Crippen LogP contribution in [0.5, 0.6) is 0 Å². The number of carbonyl (C=O) groups excluding carboxylic acids is 2. The molecule has 1 aliphatic heterocycles. The highest BCUT2D eigenvalue weighted by atomic mass is 127. The zero-order valence-corrected chi connectivity index (χ0v) is 15.4. The second-order valence-electron chi connectivity index (χ2n) is 5.89. The van der Waals surface area contributed by atoms with Crippen molar-refractivity contribution in [2.24, 2.45) is 0 Å². The van der Waals surface area contributed by atoms with Gasteiger partial charge in [-0.2, -0.15) is 0 Å². The molecule has 0 aliphatic carbocycles. The predicted molar refractivity (Wildman–Crippen MR) is 95.6 cm³/mol. The molecule has 22 heavy (non-hydrogen) atoms. The molecule has 1 saturated heterocycles. The Bertz CT molecular complexity index is 547. The molecule has 1 aliphatic rings. The molecule has 2 rings (SSSR count). The molecular weight excluding hydrogens is 391 g/mol. The third kappa shape index (κ3) is 4.44. The first-order chi connectivity index (χ1) is 10.5. The van der Waals surface area contributed by atoms with Crippen molar-refractivity contribution in [3.8, 4) is 0 Å². The van der Waals surface area contributed by atoms with E-state index in [4.69, 9.17) is 0 Å². The fourth-order valence-corrected chi connectivity index (χ4v) is 3.67. The third-order valence-corrected chi connectivity index (χ3v) is 5.30. The summed E-state index contributed by atoms with van der Waals surface area (Å²) in [7, 11) is 1.74. The molecule has 0 spiro atoms. The summed E-state index contributed by atoms with van der Waals surface area (Å²) in [5, 5.41) is 0. The first kappa shape index (κ1) is 17.2. The van der Waals surface area contributed by atoms with E-state index in [1.165, 1.54) is 16.1 Å². The van der Waals surface area contributed by atoms with Gasteiger partial charge < -0.3 is 9.80 Å². The van der Waals surface area contributed by atoms with Gasteiger partial charge in [0.1, 0.15) is 0 Å². The lowest BCUT2D eigenvalue weighted by Gasteiger charge is -2.34. The van der Waals surface area contributed by atoms with E-state index in [-0.39, 0.29) is 11.8 Å². The Kier molecular flexibility index (Phi) is 6.23. The van der Waals surface area contributed by atoms with Crippen molar-refractivity contribution in [2.45, 2.75) is 32.1 Å². The van der Waals surface area contributed by atoms with Gasteiger partial charge in [-0.3, -0.25) is 9.59 Å². The summed E-state index contributed by atoms with van der Waals surface area (Å²) in [6, 6.07) is 8.41. The molecule has 1 aromatic carbocycles. The van der Waals surface area contributed by atoms with Crippen LogP contribution in [-0.4, -0.2) is 48.3 Å². The largest absolute Gasteiger partial charge is 0.345 e. The van der Waals surface area contributed by atoms with Crippen molar-refractivity contribution in [2.75, 3.05) is 26.7 Å². The molecule has 1 heterocycles. The summed E-state index contributed by atoms with van der Waals surface area (Å²) in [6.45, 7) is 3.65. The quantitative estimate of drug-likeness (QED) is 0.712. The van der Waals surface area contributed by atoms with Gasteiger partial charge in [0.2, 0.25) is 11.8 Å². The highest BCUT2D eigenvalue weighted by molar-refractivity contribution is 14.1. The molecule has 2 amide bonds. The Hall–Kier alpha value is -1.11. The highest BCUT2D eigenvalue weighted by Gasteiger charge is 2.25. The van der Waals surface area contributed by atoms with Crippen molar-refractivity contribution < 1.29 is 9.59 Å². The first-order valence-corrected chi connectivity index (χ1v) is 8.81. The summed E-state index contributed by atoms with van der Waals surface area (Å²) in [6.07, 6.45) is 2.59. The van der Waals surface area contributed by atoms with Gasteiger partial charge in [0.15, 0.2) is 0 Å². The average Bonchev–Trinajstić information content (AvgIpc) is 2.52. The van der Waals surface area contributed by atoms with E-state index in [0.717, 1.165) is 25.9 Å². The number of rotatable bonds is 4. The number of nitrogens with zero attached hydrogens (tertiary/aromatic N) is 2. The molecule has 1 atom stereocenters. The minimum Gasteiger partial charge on any atom is -0.345 e. The van der Waals surface area contributed by atoms with E-state index in [1.54, 1.807) is 11.9 Å². The third-order valence-electron chi connectivity index (χ3n) is 4.32. The zero-order valence-electron chi connectivity index (χ0n) is 13.2. The van der Waals surface area contributed by atoms with Crippen molar-refractivity contribution in [3.63, 3.8) is 0 Å². The van der Waals surface area contributed by atoms with Crippen LogP contribution >= 0.6 is 22.6 Å². The van der Waals surface area contributed by atoms with Gasteiger partial charge in [0, 0.05) is 49.5 Å². The van der Waals surface area contributed by atoms with Gasteiger partial charge in [-0.1, -0.05) is 18.2 Å². The summed E-state index contributed by atoms with van der Waals surface area (Å²) in [5.41, 5.74) is 1.35. The van der Waals surface area contributed by atoms with Crippen LogP contribution in [0.4, 0.5) is 0 Å². The van der Waals surface area contributed by atoms with Gasteiger partial charge in [0.25, 0.3) is 0 Å². The van der Waals surface area contributed by atoms with Crippen LogP contribution in [0, 0.1) is 3.57 Å². The maximum atomic E-state index is 12.4. The number of carbonyl (C=O) groups is 2. The van der Waals surface area contributed by atoms with Gasteiger partial charge in [-0.05, 0) is 47.1 Å². The van der Waals surface area contributed by atoms with Gasteiger partial charge >= 0.3 is 0 Å². The molecule has 4 nitrogen and oxygen atoms in total. The molecule has 1 unspecified atom stereocenters. The van der Waals surface area contributed by atoms with Gasteiger partial charge in [0.05, 0.1) is 0 Å². The first-order valence-electron chi connectivity index (χ1n) is 7.73. The minimum absolute atomic E-state index is 0.00293. The van der Waals surface area contributed by atoms with Crippen molar-refractivity contribution in [3.05, 3.63) is 33.4 Å². The Morgan fingerprint density at radius 2 is 2.09 bits per heavy atom. The molecule has 0 bridgehead atoms. The molecule has 0 radical (unpaired) electrons. The molecule has 0 aromatic heterocycles. The van der Waals surface area contributed by atoms with Crippen molar-refractivity contribution in [1.82, 2.24) is 9.80 Å². The van der Waals surface area contributed by atoms with Crippen LogP contribution in [0.2, 0.25) is 0 Å². The topological polar surface area (TPSA) is 40.6 Å². The average molecular weight is 414 g/mol. The fraction of sp³-hybridized carbons (Fsp3) is 0.529. The second kappa shape index (κ2) is 7.94. The van der Waals surface area contributed by atoms with E-state index >= 15 is 0 Å². The summed E-state index contributed by atoms with van der Waals surface area (Å²) >= 11 is 2.37. The smallest absolute Gasteiger partial charge is 0.224 e.